The molecule has 144 valence electrons. The maximum atomic E-state index is 12.8. The van der Waals surface area contributed by atoms with Gasteiger partial charge in [0, 0.05) is 51.2 Å². The standard InChI is InChI=1S/C22H30N4O/c1-2-3-7-11-23-20-10-12-24-21(17-20)22(27)26-15-13-25(14-16-26)18-19-8-5-4-6-9-19/h4-6,8-10,12,17H,2-3,7,11,13-16,18H2,1H3,(H,23,24). The number of hydrogen-bond donors (Lipinski definition) is 1. The molecule has 0 unspecified atom stereocenters. The normalized spacial score (nSPS) is 14.9. The number of carbonyl (C=O) groups is 1. The van der Waals surface area contributed by atoms with Gasteiger partial charge in [-0.05, 0) is 24.1 Å². The van der Waals surface area contributed by atoms with Crippen LogP contribution in [-0.2, 0) is 6.54 Å². The number of amides is 1. The molecule has 1 fully saturated rings. The Balaban J connectivity index is 1.50. The number of carbonyl (C=O) groups excluding carboxylic acids is 1. The average molecular weight is 367 g/mol. The first-order chi connectivity index (χ1) is 13.3. The summed E-state index contributed by atoms with van der Waals surface area (Å²) in [5.74, 6) is 0.0339. The van der Waals surface area contributed by atoms with E-state index in [0.717, 1.165) is 51.4 Å². The lowest BCUT2D eigenvalue weighted by atomic mass is 10.2. The van der Waals surface area contributed by atoms with E-state index in [1.165, 1.54) is 18.4 Å². The molecule has 5 nitrogen and oxygen atoms in total. The van der Waals surface area contributed by atoms with Crippen LogP contribution in [0.1, 0.15) is 42.2 Å². The van der Waals surface area contributed by atoms with E-state index in [1.807, 2.05) is 23.1 Å². The Hall–Kier alpha value is -2.40. The van der Waals surface area contributed by atoms with Crippen LogP contribution >= 0.6 is 0 Å². The van der Waals surface area contributed by atoms with Gasteiger partial charge in [0.05, 0.1) is 0 Å². The van der Waals surface area contributed by atoms with Crippen molar-refractivity contribution in [3.05, 3.63) is 59.9 Å². The SMILES string of the molecule is CCCCCNc1ccnc(C(=O)N2CCN(Cc3ccccc3)CC2)c1. The molecule has 3 rings (SSSR count). The van der Waals surface area contributed by atoms with Crippen LogP contribution in [-0.4, -0.2) is 53.4 Å². The number of nitrogens with zero attached hydrogens (tertiary/aromatic N) is 3. The van der Waals surface area contributed by atoms with Crippen LogP contribution in [0.4, 0.5) is 5.69 Å². The fraction of sp³-hybridized carbons (Fsp3) is 0.455. The molecule has 2 aromatic rings. The molecule has 1 amide bonds. The van der Waals surface area contributed by atoms with E-state index in [4.69, 9.17) is 0 Å². The second-order valence-corrected chi connectivity index (χ2v) is 7.12. The van der Waals surface area contributed by atoms with E-state index in [1.54, 1.807) is 6.20 Å². The van der Waals surface area contributed by atoms with Gasteiger partial charge in [0.1, 0.15) is 5.69 Å². The van der Waals surface area contributed by atoms with Gasteiger partial charge in [-0.3, -0.25) is 14.7 Å². The molecular weight excluding hydrogens is 336 g/mol. The molecule has 1 aliphatic heterocycles. The summed E-state index contributed by atoms with van der Waals surface area (Å²) in [4.78, 5) is 21.4. The van der Waals surface area contributed by atoms with Gasteiger partial charge in [-0.15, -0.1) is 0 Å². The molecular formula is C22H30N4O. The lowest BCUT2D eigenvalue weighted by molar-refractivity contribution is 0.0623. The van der Waals surface area contributed by atoms with Crippen molar-refractivity contribution in [3.8, 4) is 0 Å². The van der Waals surface area contributed by atoms with Crippen molar-refractivity contribution >= 4 is 11.6 Å². The number of pyridine rings is 1. The number of aromatic nitrogens is 1. The molecule has 1 aromatic carbocycles. The molecule has 0 aliphatic carbocycles. The lowest BCUT2D eigenvalue weighted by Crippen LogP contribution is -2.48. The molecule has 0 spiro atoms. The summed E-state index contributed by atoms with van der Waals surface area (Å²) in [6.07, 6.45) is 5.29. The number of rotatable bonds is 8. The maximum Gasteiger partial charge on any atom is 0.272 e. The molecule has 1 aromatic heterocycles. The molecule has 2 heterocycles. The first-order valence-electron chi connectivity index (χ1n) is 10.0. The molecule has 5 heteroatoms. The minimum atomic E-state index is 0.0339. The zero-order valence-corrected chi connectivity index (χ0v) is 16.2. The number of nitrogens with one attached hydrogen (secondary N) is 1. The minimum absolute atomic E-state index is 0.0339. The summed E-state index contributed by atoms with van der Waals surface area (Å²) in [5, 5.41) is 3.39. The number of anilines is 1. The third-order valence-corrected chi connectivity index (χ3v) is 5.00. The Kier molecular flexibility index (Phi) is 7.22. The Bertz CT molecular complexity index is 711. The van der Waals surface area contributed by atoms with Crippen molar-refractivity contribution in [3.63, 3.8) is 0 Å². The van der Waals surface area contributed by atoms with E-state index < -0.39 is 0 Å². The summed E-state index contributed by atoms with van der Waals surface area (Å²) in [7, 11) is 0. The molecule has 0 radical (unpaired) electrons. The van der Waals surface area contributed by atoms with Crippen LogP contribution in [0, 0.1) is 0 Å². The van der Waals surface area contributed by atoms with Gasteiger partial charge in [-0.2, -0.15) is 0 Å². The summed E-state index contributed by atoms with van der Waals surface area (Å²) < 4.78 is 0. The highest BCUT2D eigenvalue weighted by Gasteiger charge is 2.23. The second kappa shape index (κ2) is 10.1. The third kappa shape index (κ3) is 5.79. The summed E-state index contributed by atoms with van der Waals surface area (Å²) in [5.41, 5.74) is 2.83. The molecule has 0 bridgehead atoms. The first-order valence-corrected chi connectivity index (χ1v) is 10.0. The van der Waals surface area contributed by atoms with E-state index in [0.29, 0.717) is 5.69 Å². The van der Waals surface area contributed by atoms with Crippen LogP contribution in [0.3, 0.4) is 0 Å². The Morgan fingerprint density at radius 3 is 2.59 bits per heavy atom. The molecule has 0 saturated carbocycles. The van der Waals surface area contributed by atoms with Gasteiger partial charge in [-0.1, -0.05) is 50.1 Å². The van der Waals surface area contributed by atoms with E-state index in [-0.39, 0.29) is 5.91 Å². The number of hydrogen-bond acceptors (Lipinski definition) is 4. The van der Waals surface area contributed by atoms with Crippen molar-refractivity contribution in [1.82, 2.24) is 14.8 Å². The highest BCUT2D eigenvalue weighted by atomic mass is 16.2. The van der Waals surface area contributed by atoms with Gasteiger partial charge in [0.25, 0.3) is 5.91 Å². The Labute approximate surface area is 162 Å². The van der Waals surface area contributed by atoms with Crippen LogP contribution in [0.25, 0.3) is 0 Å². The van der Waals surface area contributed by atoms with Gasteiger partial charge < -0.3 is 10.2 Å². The smallest absolute Gasteiger partial charge is 0.272 e. The fourth-order valence-electron chi connectivity index (χ4n) is 3.38. The monoisotopic (exact) mass is 366 g/mol. The fourth-order valence-corrected chi connectivity index (χ4v) is 3.38. The summed E-state index contributed by atoms with van der Waals surface area (Å²) >= 11 is 0. The highest BCUT2D eigenvalue weighted by Crippen LogP contribution is 2.14. The number of benzene rings is 1. The van der Waals surface area contributed by atoms with Crippen molar-refractivity contribution in [2.24, 2.45) is 0 Å². The molecule has 0 atom stereocenters. The van der Waals surface area contributed by atoms with Gasteiger partial charge in [0.15, 0.2) is 0 Å². The highest BCUT2D eigenvalue weighted by molar-refractivity contribution is 5.93. The van der Waals surface area contributed by atoms with Crippen LogP contribution in [0.2, 0.25) is 0 Å². The van der Waals surface area contributed by atoms with Crippen molar-refractivity contribution in [2.45, 2.75) is 32.7 Å². The van der Waals surface area contributed by atoms with Crippen LogP contribution < -0.4 is 5.32 Å². The Morgan fingerprint density at radius 2 is 1.85 bits per heavy atom. The van der Waals surface area contributed by atoms with Crippen LogP contribution in [0.15, 0.2) is 48.7 Å². The zero-order valence-electron chi connectivity index (χ0n) is 16.2. The maximum absolute atomic E-state index is 12.8. The van der Waals surface area contributed by atoms with E-state index in [2.05, 4.69) is 46.4 Å². The molecule has 1 saturated heterocycles. The number of piperazine rings is 1. The predicted molar refractivity (Wildman–Crippen MR) is 110 cm³/mol. The van der Waals surface area contributed by atoms with Gasteiger partial charge in [0.2, 0.25) is 0 Å². The summed E-state index contributed by atoms with van der Waals surface area (Å²) in [6, 6.07) is 14.3. The van der Waals surface area contributed by atoms with E-state index >= 15 is 0 Å². The zero-order chi connectivity index (χ0) is 18.9. The topological polar surface area (TPSA) is 48.5 Å². The van der Waals surface area contributed by atoms with Gasteiger partial charge >= 0.3 is 0 Å². The quantitative estimate of drug-likeness (QED) is 0.725. The minimum Gasteiger partial charge on any atom is -0.385 e. The summed E-state index contributed by atoms with van der Waals surface area (Å²) in [6.45, 7) is 7.37. The number of unbranched alkanes of at least 4 members (excludes halogenated alkanes) is 2. The molecule has 1 N–H and O–H groups in total. The average Bonchev–Trinajstić information content (AvgIpc) is 2.72. The largest absolute Gasteiger partial charge is 0.385 e. The molecule has 1 aliphatic rings. The van der Waals surface area contributed by atoms with E-state index in [9.17, 15) is 4.79 Å². The third-order valence-electron chi connectivity index (χ3n) is 5.00. The van der Waals surface area contributed by atoms with Crippen molar-refractivity contribution in [1.29, 1.82) is 0 Å². The lowest BCUT2D eigenvalue weighted by Gasteiger charge is -2.34. The second-order valence-electron chi connectivity index (χ2n) is 7.12. The van der Waals surface area contributed by atoms with Crippen LogP contribution in [0.5, 0.6) is 0 Å². The first kappa shape index (κ1) is 19.4. The molecule has 27 heavy (non-hydrogen) atoms. The van der Waals surface area contributed by atoms with Crippen molar-refractivity contribution < 1.29 is 4.79 Å². The van der Waals surface area contributed by atoms with Gasteiger partial charge in [-0.25, -0.2) is 0 Å². The predicted octanol–water partition coefficient (Wildman–Crippen LogP) is 3.64. The Morgan fingerprint density at radius 1 is 1.07 bits per heavy atom. The van der Waals surface area contributed by atoms with Crippen molar-refractivity contribution in [2.75, 3.05) is 38.0 Å².